The van der Waals surface area contributed by atoms with Gasteiger partial charge in [-0.1, -0.05) is 0 Å². The van der Waals surface area contributed by atoms with Crippen molar-refractivity contribution in [3.63, 3.8) is 0 Å². The number of anilines is 2. The van der Waals surface area contributed by atoms with Gasteiger partial charge in [0.2, 0.25) is 5.82 Å². The van der Waals surface area contributed by atoms with Crippen molar-refractivity contribution < 1.29 is 17.6 Å². The van der Waals surface area contributed by atoms with Crippen LogP contribution in [0.2, 0.25) is 0 Å². The molecule has 0 spiro atoms. The highest BCUT2D eigenvalue weighted by Gasteiger charge is 2.35. The monoisotopic (exact) mass is 273 g/mol. The molecular formula is C10H10F3N5O. The third-order valence-electron chi connectivity index (χ3n) is 2.15. The van der Waals surface area contributed by atoms with E-state index in [0.29, 0.717) is 5.76 Å². The lowest BCUT2D eigenvalue weighted by Crippen LogP contribution is -2.17. The summed E-state index contributed by atoms with van der Waals surface area (Å²) in [6.45, 7) is 0.200. The van der Waals surface area contributed by atoms with Crippen molar-refractivity contribution in [3.05, 3.63) is 36.0 Å². The van der Waals surface area contributed by atoms with Gasteiger partial charge in [0.15, 0.2) is 0 Å². The summed E-state index contributed by atoms with van der Waals surface area (Å²) in [6.07, 6.45) is -3.18. The maximum Gasteiger partial charge on any atom is 0.451 e. The Balaban J connectivity index is 2.19. The number of nitrogens with zero attached hydrogens (tertiary/aromatic N) is 2. The highest BCUT2D eigenvalue weighted by atomic mass is 19.4. The Morgan fingerprint density at radius 1 is 1.26 bits per heavy atom. The topological polar surface area (TPSA) is 89.0 Å². The van der Waals surface area contributed by atoms with Crippen LogP contribution < -0.4 is 16.6 Å². The first-order chi connectivity index (χ1) is 8.99. The maximum absolute atomic E-state index is 12.6. The first kappa shape index (κ1) is 13.1. The average Bonchev–Trinajstić information content (AvgIpc) is 2.88. The molecule has 2 aromatic heterocycles. The van der Waals surface area contributed by atoms with Gasteiger partial charge in [-0.05, 0) is 12.1 Å². The van der Waals surface area contributed by atoms with Crippen molar-refractivity contribution in [1.29, 1.82) is 0 Å². The van der Waals surface area contributed by atoms with Gasteiger partial charge < -0.3 is 15.2 Å². The van der Waals surface area contributed by atoms with Crippen LogP contribution in [0.5, 0.6) is 0 Å². The predicted octanol–water partition coefficient (Wildman–Crippen LogP) is 1.99. The third-order valence-corrected chi connectivity index (χ3v) is 2.15. The molecule has 6 nitrogen and oxygen atoms in total. The standard InChI is InChI=1S/C10H10F3N5O/c11-10(12,13)9-16-7(4-8(17-9)18-14)15-5-6-2-1-3-19-6/h1-4H,5,14H2,(H2,15,16,17,18). The quantitative estimate of drug-likeness (QED) is 0.583. The molecular weight excluding hydrogens is 263 g/mol. The predicted molar refractivity (Wildman–Crippen MR) is 60.9 cm³/mol. The van der Waals surface area contributed by atoms with E-state index in [-0.39, 0.29) is 18.2 Å². The van der Waals surface area contributed by atoms with Crippen LogP contribution in [0.3, 0.4) is 0 Å². The Bertz CT molecular complexity index is 541. The van der Waals surface area contributed by atoms with Gasteiger partial charge in [-0.25, -0.2) is 15.8 Å². The minimum Gasteiger partial charge on any atom is -0.467 e. The molecule has 0 unspecified atom stereocenters. The van der Waals surface area contributed by atoms with Gasteiger partial charge in [0.1, 0.15) is 17.4 Å². The first-order valence-electron chi connectivity index (χ1n) is 5.18. The molecule has 2 aromatic rings. The third kappa shape index (κ3) is 3.35. The Labute approximate surface area is 105 Å². The van der Waals surface area contributed by atoms with Crippen molar-refractivity contribution in [2.45, 2.75) is 12.7 Å². The summed E-state index contributed by atoms with van der Waals surface area (Å²) in [6, 6.07) is 4.62. The van der Waals surface area contributed by atoms with E-state index in [1.165, 1.54) is 12.3 Å². The van der Waals surface area contributed by atoms with Crippen LogP contribution in [0.25, 0.3) is 0 Å². The summed E-state index contributed by atoms with van der Waals surface area (Å²) in [7, 11) is 0. The van der Waals surface area contributed by atoms with E-state index in [4.69, 9.17) is 10.3 Å². The molecule has 102 valence electrons. The van der Waals surface area contributed by atoms with Gasteiger partial charge in [-0.2, -0.15) is 13.2 Å². The van der Waals surface area contributed by atoms with Gasteiger partial charge in [0, 0.05) is 6.07 Å². The fourth-order valence-corrected chi connectivity index (χ4v) is 1.33. The number of nitrogen functional groups attached to an aromatic ring is 1. The molecule has 4 N–H and O–H groups in total. The largest absolute Gasteiger partial charge is 0.467 e. The second-order valence-corrected chi connectivity index (χ2v) is 3.54. The smallest absolute Gasteiger partial charge is 0.451 e. The van der Waals surface area contributed by atoms with Crippen molar-refractivity contribution in [3.8, 4) is 0 Å². The normalized spacial score (nSPS) is 11.4. The number of nitrogens with one attached hydrogen (secondary N) is 2. The molecule has 0 aromatic carbocycles. The van der Waals surface area contributed by atoms with E-state index in [1.807, 2.05) is 0 Å². The highest BCUT2D eigenvalue weighted by molar-refractivity contribution is 5.47. The number of furan rings is 1. The first-order valence-corrected chi connectivity index (χ1v) is 5.18. The van der Waals surface area contributed by atoms with E-state index in [0.717, 1.165) is 0 Å². The lowest BCUT2D eigenvalue weighted by atomic mass is 10.4. The van der Waals surface area contributed by atoms with Gasteiger partial charge in [-0.3, -0.25) is 0 Å². The van der Waals surface area contributed by atoms with E-state index in [9.17, 15) is 13.2 Å². The minimum absolute atomic E-state index is 0.00771. The number of halogens is 3. The molecule has 2 rings (SSSR count). The number of hydrogen-bond donors (Lipinski definition) is 3. The van der Waals surface area contributed by atoms with Gasteiger partial charge in [0.25, 0.3) is 0 Å². The molecule has 0 fully saturated rings. The molecule has 9 heteroatoms. The van der Waals surface area contributed by atoms with Crippen molar-refractivity contribution in [2.75, 3.05) is 10.7 Å². The van der Waals surface area contributed by atoms with E-state index in [1.54, 1.807) is 12.1 Å². The summed E-state index contributed by atoms with van der Waals surface area (Å²) in [5.74, 6) is 4.22. The zero-order valence-electron chi connectivity index (χ0n) is 9.53. The minimum atomic E-state index is -4.64. The van der Waals surface area contributed by atoms with Crippen LogP contribution in [-0.2, 0) is 12.7 Å². The molecule has 0 saturated carbocycles. The summed E-state index contributed by atoms with van der Waals surface area (Å²) in [5.41, 5.74) is 2.06. The maximum atomic E-state index is 12.6. The molecule has 0 atom stereocenters. The van der Waals surface area contributed by atoms with Crippen LogP contribution in [0.4, 0.5) is 24.8 Å². The average molecular weight is 273 g/mol. The molecule has 19 heavy (non-hydrogen) atoms. The second kappa shape index (κ2) is 5.14. The molecule has 0 radical (unpaired) electrons. The van der Waals surface area contributed by atoms with Crippen molar-refractivity contribution in [1.82, 2.24) is 9.97 Å². The molecule has 0 aliphatic carbocycles. The number of hydrazine groups is 1. The fraction of sp³-hybridized carbons (Fsp3) is 0.200. The van der Waals surface area contributed by atoms with Crippen molar-refractivity contribution in [2.24, 2.45) is 5.84 Å². The molecule has 0 aliphatic rings. The summed E-state index contributed by atoms with van der Waals surface area (Å²) in [4.78, 5) is 6.60. The molecule has 0 amide bonds. The van der Waals surface area contributed by atoms with Crippen LogP contribution in [0.15, 0.2) is 28.9 Å². The molecule has 0 aliphatic heterocycles. The number of alkyl halides is 3. The Kier molecular flexibility index (Phi) is 3.56. The summed E-state index contributed by atoms with van der Waals surface area (Å²) in [5, 5.41) is 2.69. The zero-order valence-corrected chi connectivity index (χ0v) is 9.53. The second-order valence-electron chi connectivity index (χ2n) is 3.54. The lowest BCUT2D eigenvalue weighted by Gasteiger charge is -2.10. The Morgan fingerprint density at radius 2 is 2.00 bits per heavy atom. The van der Waals surface area contributed by atoms with E-state index < -0.39 is 12.0 Å². The number of rotatable bonds is 4. The van der Waals surface area contributed by atoms with E-state index >= 15 is 0 Å². The SMILES string of the molecule is NNc1cc(NCc2ccco2)nc(C(F)(F)F)n1. The van der Waals surface area contributed by atoms with Crippen LogP contribution >= 0.6 is 0 Å². The number of aromatic nitrogens is 2. The number of nitrogens with two attached hydrogens (primary N) is 1. The van der Waals surface area contributed by atoms with Crippen LogP contribution in [-0.4, -0.2) is 9.97 Å². The van der Waals surface area contributed by atoms with Gasteiger partial charge in [-0.15, -0.1) is 0 Å². The van der Waals surface area contributed by atoms with Gasteiger partial charge >= 0.3 is 6.18 Å². The highest BCUT2D eigenvalue weighted by Crippen LogP contribution is 2.28. The van der Waals surface area contributed by atoms with Gasteiger partial charge in [0.05, 0.1) is 12.8 Å². The Hall–Kier alpha value is -2.29. The summed E-state index contributed by atoms with van der Waals surface area (Å²) >= 11 is 0. The molecule has 0 saturated heterocycles. The Morgan fingerprint density at radius 3 is 2.58 bits per heavy atom. The molecule has 2 heterocycles. The molecule has 0 bridgehead atoms. The summed E-state index contributed by atoms with van der Waals surface area (Å²) < 4.78 is 42.7. The fourth-order valence-electron chi connectivity index (χ4n) is 1.33. The zero-order chi connectivity index (χ0) is 13.9. The van der Waals surface area contributed by atoms with Crippen LogP contribution in [0.1, 0.15) is 11.6 Å². The van der Waals surface area contributed by atoms with Crippen LogP contribution in [0, 0.1) is 0 Å². The lowest BCUT2D eigenvalue weighted by molar-refractivity contribution is -0.144. The van der Waals surface area contributed by atoms with E-state index in [2.05, 4.69) is 20.7 Å². The number of hydrogen-bond acceptors (Lipinski definition) is 6. The van der Waals surface area contributed by atoms with Crippen molar-refractivity contribution >= 4 is 11.6 Å².